The lowest BCUT2D eigenvalue weighted by atomic mass is 10.1. The summed E-state index contributed by atoms with van der Waals surface area (Å²) in [5.74, 6) is 0.184. The number of carbonyl (C=O) groups is 1. The molecule has 1 N–H and O–H groups in total. The molecule has 0 radical (unpaired) electrons. The quantitative estimate of drug-likeness (QED) is 0.375. The molecule has 0 atom stereocenters. The summed E-state index contributed by atoms with van der Waals surface area (Å²) in [6.07, 6.45) is 3.50. The van der Waals surface area contributed by atoms with Crippen LogP contribution in [-0.4, -0.2) is 25.6 Å². The molecule has 0 saturated carbocycles. The predicted molar refractivity (Wildman–Crippen MR) is 126 cm³/mol. The summed E-state index contributed by atoms with van der Waals surface area (Å²) in [6.45, 7) is 2.54. The molecular formula is C26H20FN5O2. The third kappa shape index (κ3) is 4.75. The second-order valence-corrected chi connectivity index (χ2v) is 7.88. The second kappa shape index (κ2) is 9.11. The molecule has 0 bridgehead atoms. The Hall–Kier alpha value is -4.59. The van der Waals surface area contributed by atoms with Crippen molar-refractivity contribution in [2.45, 2.75) is 13.5 Å². The summed E-state index contributed by atoms with van der Waals surface area (Å²) in [5.41, 5.74) is 4.62. The van der Waals surface area contributed by atoms with Crippen LogP contribution < -0.4 is 5.32 Å². The van der Waals surface area contributed by atoms with E-state index in [1.165, 1.54) is 12.1 Å². The van der Waals surface area contributed by atoms with E-state index < -0.39 is 0 Å². The van der Waals surface area contributed by atoms with E-state index in [1.807, 2.05) is 60.2 Å². The molecule has 2 heterocycles. The molecule has 0 unspecified atom stereocenters. The molecule has 5 rings (SSSR count). The zero-order valence-corrected chi connectivity index (χ0v) is 18.3. The Morgan fingerprint density at radius 1 is 1.06 bits per heavy atom. The first-order chi connectivity index (χ1) is 16.5. The second-order valence-electron chi connectivity index (χ2n) is 7.88. The Kier molecular flexibility index (Phi) is 5.70. The van der Waals surface area contributed by atoms with Gasteiger partial charge in [0.25, 0.3) is 11.8 Å². The van der Waals surface area contributed by atoms with Crippen LogP contribution in [0.15, 0.2) is 89.8 Å². The maximum absolute atomic E-state index is 13.1. The monoisotopic (exact) mass is 453 g/mol. The van der Waals surface area contributed by atoms with Gasteiger partial charge in [0.1, 0.15) is 11.5 Å². The van der Waals surface area contributed by atoms with Gasteiger partial charge in [-0.15, -0.1) is 0 Å². The maximum Gasteiger partial charge on any atom is 0.278 e. The maximum atomic E-state index is 13.1. The molecule has 0 aliphatic carbocycles. The summed E-state index contributed by atoms with van der Waals surface area (Å²) in [7, 11) is 0. The number of anilines is 1. The summed E-state index contributed by atoms with van der Waals surface area (Å²) >= 11 is 0. The van der Waals surface area contributed by atoms with Crippen molar-refractivity contribution in [2.24, 2.45) is 0 Å². The molecule has 0 saturated heterocycles. The first-order valence-corrected chi connectivity index (χ1v) is 10.6. The molecule has 0 aliphatic heterocycles. The van der Waals surface area contributed by atoms with Gasteiger partial charge in [0, 0.05) is 29.6 Å². The standard InChI is InChI=1S/C26H20FN5O2/c1-17-3-2-4-20(13-17)25(33)29-22-11-5-18(6-12-22)14-32-15-23(28-16-32)26-30-24(31-34-26)19-7-9-21(27)10-8-19/h2-13,15-16H,14H2,1H3,(H,29,33). The molecule has 2 aromatic heterocycles. The molecule has 0 spiro atoms. The van der Waals surface area contributed by atoms with Crippen LogP contribution in [0.4, 0.5) is 10.1 Å². The Labute approximate surface area is 194 Å². The Bertz CT molecular complexity index is 1440. The minimum Gasteiger partial charge on any atom is -0.332 e. The van der Waals surface area contributed by atoms with Gasteiger partial charge in [-0.3, -0.25) is 4.79 Å². The first-order valence-electron chi connectivity index (χ1n) is 10.6. The smallest absolute Gasteiger partial charge is 0.278 e. The molecule has 3 aromatic carbocycles. The van der Waals surface area contributed by atoms with Crippen LogP contribution in [-0.2, 0) is 6.54 Å². The summed E-state index contributed by atoms with van der Waals surface area (Å²) in [4.78, 5) is 21.1. The number of halogens is 1. The summed E-state index contributed by atoms with van der Waals surface area (Å²) < 4.78 is 20.3. The molecule has 5 aromatic rings. The zero-order valence-electron chi connectivity index (χ0n) is 18.3. The first kappa shape index (κ1) is 21.3. The molecule has 7 nitrogen and oxygen atoms in total. The lowest BCUT2D eigenvalue weighted by molar-refractivity contribution is 0.102. The highest BCUT2D eigenvalue weighted by atomic mass is 19.1. The van der Waals surface area contributed by atoms with Crippen molar-refractivity contribution in [1.82, 2.24) is 19.7 Å². The molecule has 0 aliphatic rings. The van der Waals surface area contributed by atoms with Crippen molar-refractivity contribution >= 4 is 11.6 Å². The van der Waals surface area contributed by atoms with Gasteiger partial charge in [0.05, 0.1) is 6.33 Å². The van der Waals surface area contributed by atoms with Gasteiger partial charge in [0.15, 0.2) is 0 Å². The normalized spacial score (nSPS) is 10.9. The number of nitrogens with one attached hydrogen (secondary N) is 1. The predicted octanol–water partition coefficient (Wildman–Crippen LogP) is 5.35. The number of nitrogens with zero attached hydrogens (tertiary/aromatic N) is 4. The molecule has 168 valence electrons. The highest BCUT2D eigenvalue weighted by Crippen LogP contribution is 2.22. The Morgan fingerprint density at radius 2 is 1.85 bits per heavy atom. The van der Waals surface area contributed by atoms with E-state index in [-0.39, 0.29) is 17.6 Å². The van der Waals surface area contributed by atoms with Crippen molar-refractivity contribution in [2.75, 3.05) is 5.32 Å². The van der Waals surface area contributed by atoms with Gasteiger partial charge in [-0.1, -0.05) is 35.0 Å². The van der Waals surface area contributed by atoms with Gasteiger partial charge >= 0.3 is 0 Å². The summed E-state index contributed by atoms with van der Waals surface area (Å²) in [5, 5.41) is 6.87. The lowest BCUT2D eigenvalue weighted by Gasteiger charge is -2.08. The highest BCUT2D eigenvalue weighted by Gasteiger charge is 2.13. The number of aromatic nitrogens is 4. The van der Waals surface area contributed by atoms with E-state index >= 15 is 0 Å². The van der Waals surface area contributed by atoms with Gasteiger partial charge < -0.3 is 14.4 Å². The number of carbonyl (C=O) groups excluding carboxylic acids is 1. The number of aryl methyl sites for hydroxylation is 1. The van der Waals surface area contributed by atoms with E-state index in [1.54, 1.807) is 24.5 Å². The SMILES string of the molecule is Cc1cccc(C(=O)Nc2ccc(Cn3cnc(-c4nc(-c5ccc(F)cc5)no4)c3)cc2)c1. The molecule has 8 heteroatoms. The Balaban J connectivity index is 1.23. The number of amides is 1. The third-order valence-corrected chi connectivity index (χ3v) is 5.24. The van der Waals surface area contributed by atoms with Crippen molar-refractivity contribution < 1.29 is 13.7 Å². The fraction of sp³-hybridized carbons (Fsp3) is 0.0769. The highest BCUT2D eigenvalue weighted by molar-refractivity contribution is 6.04. The van der Waals surface area contributed by atoms with Crippen LogP contribution in [0.2, 0.25) is 0 Å². The van der Waals surface area contributed by atoms with E-state index in [9.17, 15) is 9.18 Å². The van der Waals surface area contributed by atoms with Crippen LogP contribution in [0, 0.1) is 12.7 Å². The number of hydrogen-bond acceptors (Lipinski definition) is 5. The van der Waals surface area contributed by atoms with Crippen molar-refractivity contribution in [3.8, 4) is 23.0 Å². The van der Waals surface area contributed by atoms with Crippen LogP contribution in [0.5, 0.6) is 0 Å². The molecule has 1 amide bonds. The topological polar surface area (TPSA) is 85.8 Å². The largest absolute Gasteiger partial charge is 0.332 e. The average Bonchev–Trinajstić information content (AvgIpc) is 3.51. The van der Waals surface area contributed by atoms with Crippen LogP contribution in [0.1, 0.15) is 21.5 Å². The van der Waals surface area contributed by atoms with Crippen molar-refractivity contribution in [3.05, 3.63) is 108 Å². The Morgan fingerprint density at radius 3 is 2.62 bits per heavy atom. The molecule has 34 heavy (non-hydrogen) atoms. The fourth-order valence-electron chi connectivity index (χ4n) is 3.49. The number of rotatable bonds is 6. The number of hydrogen-bond donors (Lipinski definition) is 1. The minimum atomic E-state index is -0.326. The van der Waals surface area contributed by atoms with Gasteiger partial charge in [-0.05, 0) is 61.0 Å². The van der Waals surface area contributed by atoms with Crippen LogP contribution in [0.3, 0.4) is 0 Å². The molecule has 0 fully saturated rings. The van der Waals surface area contributed by atoms with Gasteiger partial charge in [0.2, 0.25) is 5.82 Å². The number of benzene rings is 3. The van der Waals surface area contributed by atoms with E-state index in [2.05, 4.69) is 20.4 Å². The van der Waals surface area contributed by atoms with Crippen LogP contribution in [0.25, 0.3) is 23.0 Å². The summed E-state index contributed by atoms with van der Waals surface area (Å²) in [6, 6.07) is 21.0. The zero-order chi connectivity index (χ0) is 23.5. The fourth-order valence-corrected chi connectivity index (χ4v) is 3.49. The lowest BCUT2D eigenvalue weighted by Crippen LogP contribution is -2.12. The van der Waals surface area contributed by atoms with Gasteiger partial charge in [-0.2, -0.15) is 4.98 Å². The van der Waals surface area contributed by atoms with Gasteiger partial charge in [-0.25, -0.2) is 9.37 Å². The molecular weight excluding hydrogens is 433 g/mol. The number of imidazole rings is 1. The van der Waals surface area contributed by atoms with E-state index in [0.717, 1.165) is 16.8 Å². The minimum absolute atomic E-state index is 0.143. The average molecular weight is 453 g/mol. The third-order valence-electron chi connectivity index (χ3n) is 5.24. The van der Waals surface area contributed by atoms with E-state index in [4.69, 9.17) is 4.52 Å². The van der Waals surface area contributed by atoms with Crippen LogP contribution >= 0.6 is 0 Å². The van der Waals surface area contributed by atoms with Crippen molar-refractivity contribution in [3.63, 3.8) is 0 Å². The van der Waals surface area contributed by atoms with Crippen molar-refractivity contribution in [1.29, 1.82) is 0 Å². The van der Waals surface area contributed by atoms with E-state index in [0.29, 0.717) is 29.2 Å².